The molecule has 1 saturated carbocycles. The maximum Gasteiger partial charge on any atom is 0.240 e. The Morgan fingerprint density at radius 3 is 2.70 bits per heavy atom. The molecule has 0 bridgehead atoms. The number of nitrogens with one attached hydrogen (secondary N) is 2. The molecule has 33 heavy (non-hydrogen) atoms. The van der Waals surface area contributed by atoms with Crippen LogP contribution < -0.4 is 14.9 Å². The van der Waals surface area contributed by atoms with Gasteiger partial charge in [0.2, 0.25) is 16.0 Å². The first-order valence-corrected chi connectivity index (χ1v) is 12.9. The van der Waals surface area contributed by atoms with Gasteiger partial charge in [-0.3, -0.25) is 0 Å². The molecule has 9 nitrogen and oxygen atoms in total. The number of aromatic nitrogens is 2. The topological polar surface area (TPSA) is 106 Å². The Hall–Kier alpha value is -1.98. The second kappa shape index (κ2) is 9.71. The van der Waals surface area contributed by atoms with Crippen molar-refractivity contribution in [3.05, 3.63) is 35.5 Å². The molecule has 180 valence electrons. The first-order valence-electron chi connectivity index (χ1n) is 11.0. The molecule has 1 aliphatic carbocycles. The van der Waals surface area contributed by atoms with Crippen LogP contribution in [0.2, 0.25) is 5.02 Å². The number of methoxy groups -OCH3 is 1. The lowest BCUT2D eigenvalue weighted by molar-refractivity contribution is -0.117. The van der Waals surface area contributed by atoms with E-state index in [1.54, 1.807) is 25.3 Å². The number of anilines is 3. The fourth-order valence-electron chi connectivity index (χ4n) is 3.92. The van der Waals surface area contributed by atoms with Gasteiger partial charge in [0.05, 0.1) is 35.4 Å². The first-order chi connectivity index (χ1) is 15.7. The summed E-state index contributed by atoms with van der Waals surface area (Å²) >= 11 is 6.47. The van der Waals surface area contributed by atoms with Crippen molar-refractivity contribution >= 4 is 39.1 Å². The quantitative estimate of drug-likeness (QED) is 0.574. The van der Waals surface area contributed by atoms with Crippen molar-refractivity contribution in [2.24, 2.45) is 0 Å². The Kier molecular flexibility index (Phi) is 7.11. The molecule has 1 spiro atoms. The van der Waals surface area contributed by atoms with E-state index in [0.29, 0.717) is 29.1 Å². The summed E-state index contributed by atoms with van der Waals surface area (Å²) < 4.78 is 38.6. The Bertz CT molecular complexity index is 1080. The summed E-state index contributed by atoms with van der Waals surface area (Å²) in [6.07, 6.45) is 4.66. The zero-order valence-electron chi connectivity index (χ0n) is 19.0. The largest absolute Gasteiger partial charge is 0.380 e. The third-order valence-electron chi connectivity index (χ3n) is 6.27. The predicted octanol–water partition coefficient (Wildman–Crippen LogP) is 3.33. The van der Waals surface area contributed by atoms with Crippen LogP contribution in [0.5, 0.6) is 0 Å². The standard InChI is InChI=1S/C22H30ClN5O4S/c1-15-13-32-22(9-4-10-22)14-28(15)20-19(23)12-24-21(27-20)26-17-5-7-18(8-6-17)33(29,30)25-11-16(2)31-3/h5-8,12,15-16,25H,4,9-11,13-14H2,1-3H3,(H,24,26,27)/t15-,16?/m0/s1. The number of benzene rings is 1. The van der Waals surface area contributed by atoms with Crippen molar-refractivity contribution in [3.63, 3.8) is 0 Å². The summed E-state index contributed by atoms with van der Waals surface area (Å²) in [6, 6.07) is 6.56. The SMILES string of the molecule is COC(C)CNS(=O)(=O)c1ccc(Nc2ncc(Cl)c(N3CC4(CCC4)OC[C@@H]3C)n2)cc1. The summed E-state index contributed by atoms with van der Waals surface area (Å²) in [7, 11) is -2.08. The molecule has 1 aliphatic heterocycles. The van der Waals surface area contributed by atoms with E-state index in [-0.39, 0.29) is 29.2 Å². The van der Waals surface area contributed by atoms with Gasteiger partial charge in [-0.25, -0.2) is 18.1 Å². The second-order valence-corrected chi connectivity index (χ2v) is 10.9. The van der Waals surface area contributed by atoms with Crippen molar-refractivity contribution < 1.29 is 17.9 Å². The summed E-state index contributed by atoms with van der Waals surface area (Å²) in [5, 5.41) is 3.63. The van der Waals surface area contributed by atoms with E-state index < -0.39 is 10.0 Å². The first kappa shape index (κ1) is 24.2. The van der Waals surface area contributed by atoms with E-state index in [4.69, 9.17) is 21.1 Å². The lowest BCUT2D eigenvalue weighted by Gasteiger charge is -2.51. The minimum Gasteiger partial charge on any atom is -0.380 e. The number of halogens is 1. The molecule has 1 aromatic heterocycles. The third kappa shape index (κ3) is 5.41. The Morgan fingerprint density at radius 1 is 1.33 bits per heavy atom. The van der Waals surface area contributed by atoms with E-state index in [1.165, 1.54) is 25.7 Å². The zero-order valence-corrected chi connectivity index (χ0v) is 20.6. The van der Waals surface area contributed by atoms with Crippen LogP contribution in [0.25, 0.3) is 0 Å². The number of sulfonamides is 1. The average molecular weight is 496 g/mol. The van der Waals surface area contributed by atoms with Gasteiger partial charge in [0.15, 0.2) is 5.82 Å². The number of hydrogen-bond donors (Lipinski definition) is 2. The number of morpholine rings is 1. The van der Waals surface area contributed by atoms with Crippen LogP contribution in [0, 0.1) is 0 Å². The molecule has 1 unspecified atom stereocenters. The van der Waals surface area contributed by atoms with Crippen molar-refractivity contribution in [2.45, 2.75) is 55.8 Å². The van der Waals surface area contributed by atoms with Crippen LogP contribution in [-0.2, 0) is 19.5 Å². The molecule has 1 aromatic carbocycles. The Labute approximate surface area is 199 Å². The smallest absolute Gasteiger partial charge is 0.240 e. The highest BCUT2D eigenvalue weighted by atomic mass is 35.5. The van der Waals surface area contributed by atoms with Gasteiger partial charge in [-0.15, -0.1) is 0 Å². The number of hydrogen-bond acceptors (Lipinski definition) is 8. The van der Waals surface area contributed by atoms with Gasteiger partial charge in [0.25, 0.3) is 0 Å². The van der Waals surface area contributed by atoms with Gasteiger partial charge in [-0.05, 0) is 57.4 Å². The summed E-state index contributed by atoms with van der Waals surface area (Å²) in [6.45, 7) is 5.47. The van der Waals surface area contributed by atoms with Crippen molar-refractivity contribution in [2.75, 3.05) is 37.0 Å². The minimum absolute atomic E-state index is 0.0925. The summed E-state index contributed by atoms with van der Waals surface area (Å²) in [5.41, 5.74) is 0.572. The highest BCUT2D eigenvalue weighted by Crippen LogP contribution is 2.41. The fourth-order valence-corrected chi connectivity index (χ4v) is 5.23. The molecule has 2 aromatic rings. The molecule has 2 atom stereocenters. The summed E-state index contributed by atoms with van der Waals surface area (Å²) in [4.78, 5) is 11.3. The molecule has 4 rings (SSSR count). The number of ether oxygens (including phenoxy) is 2. The average Bonchev–Trinajstić information content (AvgIpc) is 2.78. The maximum atomic E-state index is 12.4. The van der Waals surface area contributed by atoms with Crippen molar-refractivity contribution in [1.82, 2.24) is 14.7 Å². The van der Waals surface area contributed by atoms with E-state index in [1.807, 2.05) is 0 Å². The van der Waals surface area contributed by atoms with E-state index in [2.05, 4.69) is 31.8 Å². The maximum absolute atomic E-state index is 12.4. The van der Waals surface area contributed by atoms with E-state index in [0.717, 1.165) is 19.4 Å². The molecule has 2 fully saturated rings. The monoisotopic (exact) mass is 495 g/mol. The van der Waals surface area contributed by atoms with Gasteiger partial charge in [-0.2, -0.15) is 4.98 Å². The van der Waals surface area contributed by atoms with Gasteiger partial charge in [0.1, 0.15) is 5.02 Å². The van der Waals surface area contributed by atoms with Crippen LogP contribution >= 0.6 is 11.6 Å². The van der Waals surface area contributed by atoms with Gasteiger partial charge >= 0.3 is 0 Å². The van der Waals surface area contributed by atoms with E-state index in [9.17, 15) is 8.42 Å². The normalized spacial score (nSPS) is 21.0. The second-order valence-electron chi connectivity index (χ2n) is 8.74. The summed E-state index contributed by atoms with van der Waals surface area (Å²) in [5.74, 6) is 1.06. The molecule has 0 amide bonds. The predicted molar refractivity (Wildman–Crippen MR) is 128 cm³/mol. The molecule has 2 N–H and O–H groups in total. The number of nitrogens with zero attached hydrogens (tertiary/aromatic N) is 3. The lowest BCUT2D eigenvalue weighted by atomic mass is 9.78. The molecule has 11 heteroatoms. The lowest BCUT2D eigenvalue weighted by Crippen LogP contribution is -2.59. The zero-order chi connectivity index (χ0) is 23.6. The van der Waals surface area contributed by atoms with Crippen LogP contribution in [0.15, 0.2) is 35.4 Å². The molecular formula is C22H30ClN5O4S. The molecule has 2 heterocycles. The Morgan fingerprint density at radius 2 is 2.06 bits per heavy atom. The highest BCUT2D eigenvalue weighted by molar-refractivity contribution is 7.89. The highest BCUT2D eigenvalue weighted by Gasteiger charge is 2.44. The van der Waals surface area contributed by atoms with Crippen LogP contribution in [0.1, 0.15) is 33.1 Å². The minimum atomic E-state index is -3.62. The Balaban J connectivity index is 1.47. The molecular weight excluding hydrogens is 466 g/mol. The van der Waals surface area contributed by atoms with Gasteiger partial charge in [-0.1, -0.05) is 11.6 Å². The van der Waals surface area contributed by atoms with Crippen molar-refractivity contribution in [3.8, 4) is 0 Å². The van der Waals surface area contributed by atoms with Crippen LogP contribution in [-0.4, -0.2) is 62.9 Å². The van der Waals surface area contributed by atoms with Crippen molar-refractivity contribution in [1.29, 1.82) is 0 Å². The van der Waals surface area contributed by atoms with Gasteiger partial charge in [0, 0.05) is 25.9 Å². The van der Waals surface area contributed by atoms with Gasteiger partial charge < -0.3 is 19.7 Å². The fraction of sp³-hybridized carbons (Fsp3) is 0.545. The molecule has 1 saturated heterocycles. The number of rotatable bonds is 8. The third-order valence-corrected chi connectivity index (χ3v) is 7.97. The van der Waals surface area contributed by atoms with E-state index >= 15 is 0 Å². The molecule has 0 radical (unpaired) electrons. The van der Waals surface area contributed by atoms with Crippen LogP contribution in [0.3, 0.4) is 0 Å². The molecule has 2 aliphatic rings. The van der Waals surface area contributed by atoms with Crippen LogP contribution in [0.4, 0.5) is 17.5 Å².